The number of aromatic nitrogens is 2. The van der Waals surface area contributed by atoms with Crippen molar-refractivity contribution in [3.05, 3.63) is 95.5 Å². The highest BCUT2D eigenvalue weighted by Crippen LogP contribution is 2.40. The highest BCUT2D eigenvalue weighted by atomic mass is 32.1. The molecule has 3 heterocycles. The Labute approximate surface area is 208 Å². The number of rotatable bonds is 4. The van der Waals surface area contributed by atoms with Crippen molar-refractivity contribution in [1.82, 2.24) is 15.5 Å². The van der Waals surface area contributed by atoms with Crippen LogP contribution in [0.5, 0.6) is 11.5 Å². The minimum Gasteiger partial charge on any atom is -0.454 e. The largest absolute Gasteiger partial charge is 0.454 e. The third-order valence-corrected chi connectivity index (χ3v) is 6.47. The van der Waals surface area contributed by atoms with Crippen molar-refractivity contribution in [2.45, 2.75) is 19.9 Å². The molecule has 0 aliphatic carbocycles. The number of fused-ring (bicyclic) bond motifs is 1. The number of aryl methyl sites for hydroxylation is 1. The van der Waals surface area contributed by atoms with Gasteiger partial charge in [-0.15, -0.1) is 0 Å². The van der Waals surface area contributed by atoms with Gasteiger partial charge in [-0.05, 0) is 67.5 Å². The van der Waals surface area contributed by atoms with Crippen LogP contribution in [0, 0.1) is 6.92 Å². The van der Waals surface area contributed by atoms with Crippen LogP contribution in [0.3, 0.4) is 0 Å². The molecule has 0 saturated carbocycles. The third-order valence-electron chi connectivity index (χ3n) is 6.16. The summed E-state index contributed by atoms with van der Waals surface area (Å²) in [5.41, 5.74) is 5.75. The van der Waals surface area contributed by atoms with Gasteiger partial charge in [-0.2, -0.15) is 4.98 Å². The number of nitrogens with one attached hydrogen (secondary N) is 1. The molecule has 0 amide bonds. The molecule has 1 unspecified atom stereocenters. The van der Waals surface area contributed by atoms with Gasteiger partial charge in [-0.1, -0.05) is 47.6 Å². The fourth-order valence-electron chi connectivity index (χ4n) is 4.48. The monoisotopic (exact) mass is 482 g/mol. The summed E-state index contributed by atoms with van der Waals surface area (Å²) >= 11 is 5.83. The number of nitrogens with zero attached hydrogens (tertiary/aromatic N) is 3. The van der Waals surface area contributed by atoms with E-state index in [1.807, 2.05) is 60.4 Å². The second-order valence-corrected chi connectivity index (χ2v) is 8.84. The zero-order chi connectivity index (χ0) is 23.9. The number of hydrogen-bond donors (Lipinski definition) is 1. The van der Waals surface area contributed by atoms with Gasteiger partial charge in [-0.25, -0.2) is 0 Å². The zero-order valence-corrected chi connectivity index (χ0v) is 20.0. The van der Waals surface area contributed by atoms with Crippen LogP contribution in [0.4, 0.5) is 5.69 Å². The van der Waals surface area contributed by atoms with Gasteiger partial charge < -0.3 is 19.3 Å². The predicted octanol–water partition coefficient (Wildman–Crippen LogP) is 5.64. The van der Waals surface area contributed by atoms with Crippen molar-refractivity contribution in [3.63, 3.8) is 0 Å². The molecule has 1 atom stereocenters. The minimum absolute atomic E-state index is 0.210. The van der Waals surface area contributed by atoms with E-state index in [0.717, 1.165) is 33.6 Å². The number of thiocarbonyl (C=S) groups is 1. The summed E-state index contributed by atoms with van der Waals surface area (Å²) in [5.74, 6) is 2.28. The minimum atomic E-state index is -0.241. The molecule has 0 fully saturated rings. The quantitative estimate of drug-likeness (QED) is 0.375. The van der Waals surface area contributed by atoms with Gasteiger partial charge in [-0.3, -0.25) is 4.90 Å². The normalized spacial score (nSPS) is 17.0. The second-order valence-electron chi connectivity index (χ2n) is 8.46. The van der Waals surface area contributed by atoms with Crippen molar-refractivity contribution >= 4 is 28.6 Å². The molecular weight excluding hydrogens is 460 g/mol. The second kappa shape index (κ2) is 8.56. The molecule has 35 heavy (non-hydrogen) atoms. The molecule has 4 aromatic rings. The van der Waals surface area contributed by atoms with E-state index >= 15 is 0 Å². The van der Waals surface area contributed by atoms with Crippen LogP contribution in [0.2, 0.25) is 0 Å². The Morgan fingerprint density at radius 1 is 0.943 bits per heavy atom. The van der Waals surface area contributed by atoms with E-state index in [0.29, 0.717) is 28.3 Å². The molecule has 3 aromatic carbocycles. The summed E-state index contributed by atoms with van der Waals surface area (Å²) in [6.07, 6.45) is 0. The van der Waals surface area contributed by atoms with Crippen molar-refractivity contribution in [1.29, 1.82) is 0 Å². The van der Waals surface area contributed by atoms with Crippen molar-refractivity contribution in [2.24, 2.45) is 0 Å². The first kappa shape index (κ1) is 21.4. The van der Waals surface area contributed by atoms with Crippen molar-refractivity contribution in [2.75, 3.05) is 11.7 Å². The summed E-state index contributed by atoms with van der Waals surface area (Å²) in [6, 6.07) is 23.7. The number of benzene rings is 3. The molecule has 2 aliphatic heterocycles. The van der Waals surface area contributed by atoms with Gasteiger partial charge in [0.2, 0.25) is 12.6 Å². The zero-order valence-electron chi connectivity index (χ0n) is 19.2. The van der Waals surface area contributed by atoms with Gasteiger partial charge in [0.25, 0.3) is 5.89 Å². The van der Waals surface area contributed by atoms with E-state index in [1.165, 1.54) is 0 Å². The van der Waals surface area contributed by atoms with Crippen LogP contribution in [0.25, 0.3) is 17.0 Å². The van der Waals surface area contributed by atoms with Gasteiger partial charge >= 0.3 is 0 Å². The van der Waals surface area contributed by atoms with E-state index in [4.69, 9.17) is 31.2 Å². The van der Waals surface area contributed by atoms with Gasteiger partial charge in [0.1, 0.15) is 0 Å². The Balaban J connectivity index is 1.47. The standard InChI is InChI=1S/C27H22N4O3S/c1-16-7-6-10-20(13-16)31-17(2)23(24(28-27(31)35)18-8-4-3-5-9-18)26-29-25(30-34-26)19-11-12-21-22(14-19)33-15-32-21/h3-14,24H,15H2,1-2H3,(H,28,35). The fraction of sp³-hybridized carbons (Fsp3) is 0.148. The molecule has 6 rings (SSSR count). The lowest BCUT2D eigenvalue weighted by atomic mass is 9.94. The summed E-state index contributed by atoms with van der Waals surface area (Å²) < 4.78 is 16.8. The van der Waals surface area contributed by atoms with Crippen LogP contribution < -0.4 is 19.7 Å². The average molecular weight is 483 g/mol. The van der Waals surface area contributed by atoms with Crippen LogP contribution in [0.15, 0.2) is 83.0 Å². The summed E-state index contributed by atoms with van der Waals surface area (Å²) in [4.78, 5) is 6.80. The molecule has 7 nitrogen and oxygen atoms in total. The lowest BCUT2D eigenvalue weighted by Gasteiger charge is -2.37. The molecule has 174 valence electrons. The van der Waals surface area contributed by atoms with E-state index < -0.39 is 0 Å². The Hall–Kier alpha value is -4.17. The van der Waals surface area contributed by atoms with Crippen LogP contribution in [0.1, 0.15) is 30.0 Å². The first-order valence-corrected chi connectivity index (χ1v) is 11.7. The predicted molar refractivity (Wildman–Crippen MR) is 137 cm³/mol. The van der Waals surface area contributed by atoms with Crippen LogP contribution in [-0.2, 0) is 0 Å². The molecule has 0 saturated heterocycles. The lowest BCUT2D eigenvalue weighted by molar-refractivity contribution is 0.174. The van der Waals surface area contributed by atoms with Crippen LogP contribution in [-0.4, -0.2) is 22.0 Å². The number of hydrogen-bond acceptors (Lipinski definition) is 6. The Bertz CT molecular complexity index is 1460. The Morgan fingerprint density at radius 2 is 1.77 bits per heavy atom. The molecule has 1 aromatic heterocycles. The molecule has 0 bridgehead atoms. The van der Waals surface area contributed by atoms with Gasteiger partial charge in [0, 0.05) is 16.9 Å². The molecule has 0 radical (unpaired) electrons. The van der Waals surface area contributed by atoms with Crippen LogP contribution >= 0.6 is 12.2 Å². The fourth-order valence-corrected chi connectivity index (χ4v) is 4.84. The van der Waals surface area contributed by atoms with E-state index in [1.54, 1.807) is 0 Å². The number of allylic oxidation sites excluding steroid dienone is 1. The topological polar surface area (TPSA) is 72.6 Å². The number of anilines is 1. The lowest BCUT2D eigenvalue weighted by Crippen LogP contribution is -2.46. The van der Waals surface area contributed by atoms with Gasteiger partial charge in [0.05, 0.1) is 11.6 Å². The molecule has 1 N–H and O–H groups in total. The maximum atomic E-state index is 5.84. The summed E-state index contributed by atoms with van der Waals surface area (Å²) in [5, 5.41) is 8.39. The summed E-state index contributed by atoms with van der Waals surface area (Å²) in [6.45, 7) is 4.30. The van der Waals surface area contributed by atoms with E-state index in [9.17, 15) is 0 Å². The molecular formula is C27H22N4O3S. The van der Waals surface area contributed by atoms with Crippen molar-refractivity contribution < 1.29 is 14.0 Å². The maximum absolute atomic E-state index is 5.84. The highest BCUT2D eigenvalue weighted by molar-refractivity contribution is 7.80. The first-order valence-electron chi connectivity index (χ1n) is 11.3. The van der Waals surface area contributed by atoms with Crippen molar-refractivity contribution in [3.8, 4) is 22.9 Å². The summed E-state index contributed by atoms with van der Waals surface area (Å²) in [7, 11) is 0. The molecule has 8 heteroatoms. The van der Waals surface area contributed by atoms with E-state index in [-0.39, 0.29) is 12.8 Å². The third kappa shape index (κ3) is 3.81. The molecule has 2 aliphatic rings. The van der Waals surface area contributed by atoms with E-state index in [2.05, 4.69) is 41.7 Å². The molecule has 0 spiro atoms. The Kier molecular flexibility index (Phi) is 5.22. The highest BCUT2D eigenvalue weighted by Gasteiger charge is 2.34. The smallest absolute Gasteiger partial charge is 0.258 e. The Morgan fingerprint density at radius 3 is 2.60 bits per heavy atom. The SMILES string of the molecule is CC1=C(c2nc(-c3ccc4c(c3)OCO4)no2)C(c2ccccc2)NC(=S)N1c1cccc(C)c1. The number of ether oxygens (including phenoxy) is 2. The maximum Gasteiger partial charge on any atom is 0.258 e. The average Bonchev–Trinajstić information content (AvgIpc) is 3.54. The van der Waals surface area contributed by atoms with Gasteiger partial charge in [0.15, 0.2) is 16.6 Å². The first-order chi connectivity index (χ1) is 17.1.